The van der Waals surface area contributed by atoms with E-state index in [4.69, 9.17) is 0 Å². The number of nitrogens with one attached hydrogen (secondary N) is 1. The zero-order chi connectivity index (χ0) is 19.5. The molecule has 0 unspecified atom stereocenters. The molecule has 0 aliphatic rings. The molecule has 6 nitrogen and oxygen atoms in total. The fourth-order valence-corrected chi connectivity index (χ4v) is 3.56. The molecule has 0 aliphatic heterocycles. The van der Waals surface area contributed by atoms with Crippen molar-refractivity contribution >= 4 is 39.8 Å². The lowest BCUT2D eigenvalue weighted by Crippen LogP contribution is -2.14. The molecule has 0 aliphatic carbocycles. The van der Waals surface area contributed by atoms with Crippen LogP contribution in [0.25, 0.3) is 0 Å². The Labute approximate surface area is 155 Å². The van der Waals surface area contributed by atoms with Gasteiger partial charge in [-0.1, -0.05) is 13.8 Å². The van der Waals surface area contributed by atoms with Crippen molar-refractivity contribution in [2.75, 3.05) is 11.1 Å². The molecule has 2 rings (SSSR count). The average molecular weight is 405 g/mol. The summed E-state index contributed by atoms with van der Waals surface area (Å²) in [5, 5.41) is 15.8. The Morgan fingerprint density at radius 3 is 2.65 bits per heavy atom. The van der Waals surface area contributed by atoms with Gasteiger partial charge in [0, 0.05) is 11.4 Å². The number of amides is 1. The molecule has 1 aromatic carbocycles. The van der Waals surface area contributed by atoms with E-state index in [1.165, 1.54) is 11.3 Å². The van der Waals surface area contributed by atoms with E-state index < -0.39 is 28.3 Å². The molecule has 2 aromatic rings. The Morgan fingerprint density at radius 2 is 2.12 bits per heavy atom. The molecule has 0 atom stereocenters. The van der Waals surface area contributed by atoms with E-state index in [9.17, 15) is 28.1 Å². The number of nitro benzene ring substituents is 1. The number of carbonyl (C=O) groups excluding carboxylic acids is 1. The third-order valence-corrected chi connectivity index (χ3v) is 5.04. The minimum absolute atomic E-state index is 0.0137. The van der Waals surface area contributed by atoms with Crippen molar-refractivity contribution in [1.29, 1.82) is 0 Å². The molecule has 0 spiro atoms. The Hall–Kier alpha value is -2.14. The number of anilines is 1. The van der Waals surface area contributed by atoms with Crippen molar-refractivity contribution in [2.24, 2.45) is 0 Å². The Morgan fingerprint density at radius 1 is 1.42 bits per heavy atom. The minimum Gasteiger partial charge on any atom is -0.301 e. The van der Waals surface area contributed by atoms with Gasteiger partial charge in [-0.3, -0.25) is 14.9 Å². The van der Waals surface area contributed by atoms with Crippen molar-refractivity contribution in [3.05, 3.63) is 45.0 Å². The number of thioether (sulfide) groups is 1. The fraction of sp³-hybridized carbons (Fsp3) is 0.333. The summed E-state index contributed by atoms with van der Waals surface area (Å²) in [6.07, 6.45) is -4.68. The minimum atomic E-state index is -4.68. The number of hydrogen-bond acceptors (Lipinski definition) is 6. The predicted octanol–water partition coefficient (Wildman–Crippen LogP) is 4.92. The molecule has 0 saturated carbocycles. The van der Waals surface area contributed by atoms with Crippen LogP contribution >= 0.6 is 23.1 Å². The molecule has 140 valence electrons. The molecule has 11 heteroatoms. The SMILES string of the molecule is CC(C)c1csc(NC(=O)CSc2ccc(C(F)(F)F)cc2[N+](=O)[O-])n1. The number of aromatic nitrogens is 1. The molecule has 1 amide bonds. The first-order valence-corrected chi connectivity index (χ1v) is 9.18. The summed E-state index contributed by atoms with van der Waals surface area (Å²) in [6, 6.07) is 2.22. The lowest BCUT2D eigenvalue weighted by molar-refractivity contribution is -0.388. The summed E-state index contributed by atoms with van der Waals surface area (Å²) in [5.41, 5.74) is -0.965. The van der Waals surface area contributed by atoms with E-state index in [0.717, 1.165) is 29.6 Å². The van der Waals surface area contributed by atoms with Gasteiger partial charge in [0.2, 0.25) is 5.91 Å². The molecular formula is C15H14F3N3O3S2. The average Bonchev–Trinajstić information content (AvgIpc) is 3.00. The van der Waals surface area contributed by atoms with E-state index >= 15 is 0 Å². The predicted molar refractivity (Wildman–Crippen MR) is 93.7 cm³/mol. The highest BCUT2D eigenvalue weighted by Crippen LogP contribution is 2.36. The van der Waals surface area contributed by atoms with Crippen molar-refractivity contribution < 1.29 is 22.9 Å². The number of benzene rings is 1. The molecule has 1 aromatic heterocycles. The second-order valence-electron chi connectivity index (χ2n) is 5.51. The molecule has 0 fully saturated rings. The number of halogens is 3. The normalized spacial score (nSPS) is 11.6. The van der Waals surface area contributed by atoms with Gasteiger partial charge in [0.25, 0.3) is 5.69 Å². The van der Waals surface area contributed by atoms with Gasteiger partial charge in [-0.05, 0) is 18.1 Å². The summed E-state index contributed by atoms with van der Waals surface area (Å²) in [4.78, 5) is 26.3. The topological polar surface area (TPSA) is 85.1 Å². The van der Waals surface area contributed by atoms with Gasteiger partial charge in [-0.25, -0.2) is 4.98 Å². The molecule has 26 heavy (non-hydrogen) atoms. The first-order chi connectivity index (χ1) is 12.1. The standard InChI is InChI=1S/C15H14F3N3O3S2/c1-8(2)10-6-26-14(19-10)20-13(22)7-25-12-4-3-9(15(16,17)18)5-11(12)21(23)24/h3-6,8H,7H2,1-2H3,(H,19,20,22). The number of hydrogen-bond donors (Lipinski definition) is 1. The maximum Gasteiger partial charge on any atom is 0.416 e. The van der Waals surface area contributed by atoms with E-state index in [1.54, 1.807) is 0 Å². The Balaban J connectivity index is 2.05. The zero-order valence-electron chi connectivity index (χ0n) is 13.7. The Bertz CT molecular complexity index is 822. The molecule has 1 heterocycles. The largest absolute Gasteiger partial charge is 0.416 e. The molecule has 0 radical (unpaired) electrons. The molecule has 0 bridgehead atoms. The second-order valence-corrected chi connectivity index (χ2v) is 7.38. The van der Waals surface area contributed by atoms with Crippen LogP contribution in [0.1, 0.15) is 31.0 Å². The fourth-order valence-electron chi connectivity index (χ4n) is 1.87. The lowest BCUT2D eigenvalue weighted by atomic mass is 10.2. The number of alkyl halides is 3. The summed E-state index contributed by atoms with van der Waals surface area (Å²) < 4.78 is 38.0. The Kier molecular flexibility index (Phi) is 6.24. The van der Waals surface area contributed by atoms with E-state index in [2.05, 4.69) is 10.3 Å². The third kappa shape index (κ3) is 5.18. The molecule has 1 N–H and O–H groups in total. The number of rotatable bonds is 6. The quantitative estimate of drug-likeness (QED) is 0.419. The van der Waals surface area contributed by atoms with Crippen molar-refractivity contribution in [1.82, 2.24) is 4.98 Å². The third-order valence-electron chi connectivity index (χ3n) is 3.20. The van der Waals surface area contributed by atoms with Crippen LogP contribution in [0.2, 0.25) is 0 Å². The maximum absolute atomic E-state index is 12.7. The number of thiazole rings is 1. The number of carbonyl (C=O) groups is 1. The smallest absolute Gasteiger partial charge is 0.301 e. The van der Waals surface area contributed by atoms with Crippen LogP contribution < -0.4 is 5.32 Å². The van der Waals surface area contributed by atoms with Gasteiger partial charge in [-0.15, -0.1) is 23.1 Å². The molecular weight excluding hydrogens is 391 g/mol. The van der Waals surface area contributed by atoms with Crippen LogP contribution in [0.15, 0.2) is 28.5 Å². The second kappa shape index (κ2) is 8.04. The van der Waals surface area contributed by atoms with Gasteiger partial charge < -0.3 is 5.32 Å². The van der Waals surface area contributed by atoms with Crippen molar-refractivity contribution in [3.63, 3.8) is 0 Å². The highest BCUT2D eigenvalue weighted by molar-refractivity contribution is 8.00. The van der Waals surface area contributed by atoms with E-state index in [-0.39, 0.29) is 16.6 Å². The van der Waals surface area contributed by atoms with Crippen LogP contribution in [-0.4, -0.2) is 21.6 Å². The monoisotopic (exact) mass is 405 g/mol. The van der Waals surface area contributed by atoms with Crippen molar-refractivity contribution in [3.8, 4) is 0 Å². The summed E-state index contributed by atoms with van der Waals surface area (Å²) in [6.45, 7) is 3.92. The highest BCUT2D eigenvalue weighted by Gasteiger charge is 2.33. The zero-order valence-corrected chi connectivity index (χ0v) is 15.3. The van der Waals surface area contributed by atoms with Crippen molar-refractivity contribution in [2.45, 2.75) is 30.8 Å². The van der Waals surface area contributed by atoms with E-state index in [1.807, 2.05) is 19.2 Å². The summed E-state index contributed by atoms with van der Waals surface area (Å²) in [7, 11) is 0. The summed E-state index contributed by atoms with van der Waals surface area (Å²) >= 11 is 2.05. The number of nitro groups is 1. The van der Waals surface area contributed by atoms with Crippen LogP contribution in [0.3, 0.4) is 0 Å². The first kappa shape index (κ1) is 20.2. The van der Waals surface area contributed by atoms with Gasteiger partial charge in [-0.2, -0.15) is 13.2 Å². The first-order valence-electron chi connectivity index (χ1n) is 7.31. The van der Waals surface area contributed by atoms with Crippen LogP contribution in [0.4, 0.5) is 24.0 Å². The van der Waals surface area contributed by atoms with Crippen LogP contribution in [0.5, 0.6) is 0 Å². The van der Waals surface area contributed by atoms with E-state index in [0.29, 0.717) is 11.2 Å². The van der Waals surface area contributed by atoms with Crippen LogP contribution in [0, 0.1) is 10.1 Å². The summed E-state index contributed by atoms with van der Waals surface area (Å²) in [5.74, 6) is -0.432. The van der Waals surface area contributed by atoms with Gasteiger partial charge in [0.05, 0.1) is 26.8 Å². The maximum atomic E-state index is 12.7. The van der Waals surface area contributed by atoms with Gasteiger partial charge in [0.15, 0.2) is 5.13 Å². The number of nitrogens with zero attached hydrogens (tertiary/aromatic N) is 2. The van der Waals surface area contributed by atoms with Gasteiger partial charge in [0.1, 0.15) is 0 Å². The van der Waals surface area contributed by atoms with Gasteiger partial charge >= 0.3 is 6.18 Å². The molecule has 0 saturated heterocycles. The highest BCUT2D eigenvalue weighted by atomic mass is 32.2. The van der Waals surface area contributed by atoms with Crippen LogP contribution in [-0.2, 0) is 11.0 Å². The lowest BCUT2D eigenvalue weighted by Gasteiger charge is -2.08.